The number of carbonyl (C=O) groups is 1. The zero-order valence-electron chi connectivity index (χ0n) is 15.0. The van der Waals surface area contributed by atoms with Crippen LogP contribution in [0.1, 0.15) is 31.9 Å². The first-order valence-corrected chi connectivity index (χ1v) is 9.02. The van der Waals surface area contributed by atoms with Gasteiger partial charge in [-0.05, 0) is 38.3 Å². The van der Waals surface area contributed by atoms with Crippen molar-refractivity contribution >= 4 is 6.03 Å². The minimum Gasteiger partial charge on any atom is -0.373 e. The number of hydrogen-bond acceptors (Lipinski definition) is 3. The van der Waals surface area contributed by atoms with E-state index in [0.29, 0.717) is 19.1 Å². The van der Waals surface area contributed by atoms with E-state index in [4.69, 9.17) is 4.74 Å². The molecule has 0 bridgehead atoms. The van der Waals surface area contributed by atoms with E-state index < -0.39 is 0 Å². The van der Waals surface area contributed by atoms with Gasteiger partial charge >= 0.3 is 6.03 Å². The molecule has 2 aliphatic heterocycles. The number of morpholine rings is 1. The van der Waals surface area contributed by atoms with E-state index in [9.17, 15) is 4.79 Å². The molecule has 2 aliphatic rings. The van der Waals surface area contributed by atoms with Gasteiger partial charge in [0.05, 0.1) is 12.2 Å². The van der Waals surface area contributed by atoms with Gasteiger partial charge < -0.3 is 15.0 Å². The Balaban J connectivity index is 1.49. The highest BCUT2D eigenvalue weighted by molar-refractivity contribution is 5.74. The molecule has 1 saturated heterocycles. The number of nitrogens with one attached hydrogen (secondary N) is 1. The van der Waals surface area contributed by atoms with Gasteiger partial charge in [-0.15, -0.1) is 0 Å². The standard InChI is InChI=1S/C19H29N3O2/c1-14(22-11-15(2)24-16(3)12-22)10-20-19(23)21-9-8-17-6-4-5-7-18(17)13-21/h4-7,14-16H,8-13H2,1-3H3,(H,20,23)/t14-,15-,16+/m0/s1. The zero-order chi connectivity index (χ0) is 17.1. The van der Waals surface area contributed by atoms with Crippen LogP contribution in [0.3, 0.4) is 0 Å². The molecule has 1 aromatic rings. The molecule has 0 unspecified atom stereocenters. The first-order chi connectivity index (χ1) is 11.5. The first kappa shape index (κ1) is 17.2. The van der Waals surface area contributed by atoms with Crippen LogP contribution in [0.4, 0.5) is 4.79 Å². The molecule has 1 fully saturated rings. The molecule has 0 aromatic heterocycles. The maximum Gasteiger partial charge on any atom is 0.317 e. The zero-order valence-corrected chi connectivity index (χ0v) is 15.0. The number of amides is 2. The molecule has 2 heterocycles. The lowest BCUT2D eigenvalue weighted by Crippen LogP contribution is -2.53. The molecule has 0 radical (unpaired) electrons. The van der Waals surface area contributed by atoms with Gasteiger partial charge in [0.2, 0.25) is 0 Å². The SMILES string of the molecule is C[C@@H]1CN([C@@H](C)CNC(=O)N2CCc3ccccc3C2)C[C@H](C)O1. The number of nitrogens with zero attached hydrogens (tertiary/aromatic N) is 2. The number of urea groups is 1. The van der Waals surface area contributed by atoms with E-state index in [0.717, 1.165) is 26.1 Å². The van der Waals surface area contributed by atoms with Gasteiger partial charge in [0.15, 0.2) is 0 Å². The van der Waals surface area contributed by atoms with Crippen LogP contribution in [-0.2, 0) is 17.7 Å². The summed E-state index contributed by atoms with van der Waals surface area (Å²) in [5.41, 5.74) is 2.63. The average molecular weight is 331 g/mol. The Labute approximate surface area is 145 Å². The fraction of sp³-hybridized carbons (Fsp3) is 0.632. The van der Waals surface area contributed by atoms with Crippen molar-refractivity contribution in [2.75, 3.05) is 26.2 Å². The Bertz CT molecular complexity index is 567. The summed E-state index contributed by atoms with van der Waals surface area (Å²) in [4.78, 5) is 16.8. The molecule has 0 spiro atoms. The second-order valence-corrected chi connectivity index (χ2v) is 7.19. The summed E-state index contributed by atoms with van der Waals surface area (Å²) in [5.74, 6) is 0. The molecule has 0 aliphatic carbocycles. The molecule has 5 nitrogen and oxygen atoms in total. The van der Waals surface area contributed by atoms with Crippen molar-refractivity contribution in [3.05, 3.63) is 35.4 Å². The predicted molar refractivity (Wildman–Crippen MR) is 95.0 cm³/mol. The highest BCUT2D eigenvalue weighted by Crippen LogP contribution is 2.18. The minimum absolute atomic E-state index is 0.0470. The van der Waals surface area contributed by atoms with Gasteiger partial charge in [0.25, 0.3) is 0 Å². The summed E-state index contributed by atoms with van der Waals surface area (Å²) in [6, 6.07) is 8.76. The van der Waals surface area contributed by atoms with Gasteiger partial charge in [-0.1, -0.05) is 24.3 Å². The molecular formula is C19H29N3O2. The molecule has 3 rings (SSSR count). The summed E-state index contributed by atoms with van der Waals surface area (Å²) in [6.45, 7) is 10.4. The van der Waals surface area contributed by atoms with Crippen LogP contribution in [0.25, 0.3) is 0 Å². The number of benzene rings is 1. The van der Waals surface area contributed by atoms with Crippen LogP contribution >= 0.6 is 0 Å². The van der Waals surface area contributed by atoms with Crippen LogP contribution in [-0.4, -0.2) is 60.3 Å². The minimum atomic E-state index is 0.0470. The Morgan fingerprint density at radius 2 is 1.92 bits per heavy atom. The number of carbonyl (C=O) groups excluding carboxylic acids is 1. The Morgan fingerprint density at radius 3 is 2.62 bits per heavy atom. The third kappa shape index (κ3) is 4.08. The Morgan fingerprint density at radius 1 is 1.25 bits per heavy atom. The predicted octanol–water partition coefficient (Wildman–Crippen LogP) is 2.25. The lowest BCUT2D eigenvalue weighted by atomic mass is 10.0. The van der Waals surface area contributed by atoms with Crippen LogP contribution in [0.5, 0.6) is 0 Å². The average Bonchev–Trinajstić information content (AvgIpc) is 2.58. The van der Waals surface area contributed by atoms with Gasteiger partial charge in [-0.3, -0.25) is 4.90 Å². The van der Waals surface area contributed by atoms with E-state index in [2.05, 4.69) is 49.2 Å². The van der Waals surface area contributed by atoms with Crippen molar-refractivity contribution in [1.82, 2.24) is 15.1 Å². The number of rotatable bonds is 3. The van der Waals surface area contributed by atoms with Crippen molar-refractivity contribution in [3.8, 4) is 0 Å². The van der Waals surface area contributed by atoms with Gasteiger partial charge in [0.1, 0.15) is 0 Å². The lowest BCUT2D eigenvalue weighted by molar-refractivity contribution is -0.0778. The molecule has 3 atom stereocenters. The third-order valence-electron chi connectivity index (χ3n) is 5.04. The van der Waals surface area contributed by atoms with Gasteiger partial charge in [-0.2, -0.15) is 0 Å². The monoisotopic (exact) mass is 331 g/mol. The number of ether oxygens (including phenoxy) is 1. The fourth-order valence-electron chi connectivity index (χ4n) is 3.72. The fourth-order valence-corrected chi connectivity index (χ4v) is 3.72. The molecule has 0 saturated carbocycles. The quantitative estimate of drug-likeness (QED) is 0.924. The van der Waals surface area contributed by atoms with Gasteiger partial charge in [0, 0.05) is 38.8 Å². The highest BCUT2D eigenvalue weighted by Gasteiger charge is 2.26. The highest BCUT2D eigenvalue weighted by atomic mass is 16.5. The number of hydrogen-bond donors (Lipinski definition) is 1. The maximum atomic E-state index is 12.5. The van der Waals surface area contributed by atoms with E-state index in [-0.39, 0.29) is 18.2 Å². The summed E-state index contributed by atoms with van der Waals surface area (Å²) in [5, 5.41) is 3.11. The molecular weight excluding hydrogens is 302 g/mol. The summed E-state index contributed by atoms with van der Waals surface area (Å²) < 4.78 is 5.78. The molecule has 1 aromatic carbocycles. The normalized spacial score (nSPS) is 25.9. The largest absolute Gasteiger partial charge is 0.373 e. The summed E-state index contributed by atoms with van der Waals surface area (Å²) >= 11 is 0. The van der Waals surface area contributed by atoms with Crippen molar-refractivity contribution < 1.29 is 9.53 Å². The van der Waals surface area contributed by atoms with Crippen molar-refractivity contribution in [3.63, 3.8) is 0 Å². The third-order valence-corrected chi connectivity index (χ3v) is 5.04. The van der Waals surface area contributed by atoms with Crippen molar-refractivity contribution in [1.29, 1.82) is 0 Å². The molecule has 2 amide bonds. The summed E-state index contributed by atoms with van der Waals surface area (Å²) in [6.07, 6.45) is 1.45. The second-order valence-electron chi connectivity index (χ2n) is 7.19. The molecule has 24 heavy (non-hydrogen) atoms. The smallest absolute Gasteiger partial charge is 0.317 e. The van der Waals surface area contributed by atoms with Crippen LogP contribution in [0.2, 0.25) is 0 Å². The Kier molecular flexibility index (Phi) is 5.41. The van der Waals surface area contributed by atoms with E-state index in [1.807, 2.05) is 11.0 Å². The van der Waals surface area contributed by atoms with Gasteiger partial charge in [-0.25, -0.2) is 4.79 Å². The summed E-state index contributed by atoms with van der Waals surface area (Å²) in [7, 11) is 0. The molecule has 1 N–H and O–H groups in total. The van der Waals surface area contributed by atoms with Crippen molar-refractivity contribution in [2.24, 2.45) is 0 Å². The van der Waals surface area contributed by atoms with E-state index in [1.54, 1.807) is 0 Å². The number of fused-ring (bicyclic) bond motifs is 1. The lowest BCUT2D eigenvalue weighted by Gasteiger charge is -2.39. The van der Waals surface area contributed by atoms with E-state index >= 15 is 0 Å². The molecule has 5 heteroatoms. The Hall–Kier alpha value is -1.59. The first-order valence-electron chi connectivity index (χ1n) is 9.02. The second kappa shape index (κ2) is 7.53. The van der Waals surface area contributed by atoms with Crippen molar-refractivity contribution in [2.45, 2.75) is 52.0 Å². The van der Waals surface area contributed by atoms with Crippen LogP contribution in [0.15, 0.2) is 24.3 Å². The van der Waals surface area contributed by atoms with Crippen LogP contribution in [0, 0.1) is 0 Å². The van der Waals surface area contributed by atoms with E-state index in [1.165, 1.54) is 11.1 Å². The maximum absolute atomic E-state index is 12.5. The molecule has 132 valence electrons. The van der Waals surface area contributed by atoms with Crippen LogP contribution < -0.4 is 5.32 Å². The topological polar surface area (TPSA) is 44.8 Å².